The van der Waals surface area contributed by atoms with Crippen molar-refractivity contribution in [3.05, 3.63) is 80.3 Å². The van der Waals surface area contributed by atoms with Gasteiger partial charge in [0, 0.05) is 54.0 Å². The van der Waals surface area contributed by atoms with E-state index >= 15 is 0 Å². The van der Waals surface area contributed by atoms with Crippen LogP contribution < -0.4 is 10.1 Å². The van der Waals surface area contributed by atoms with Gasteiger partial charge in [-0.15, -0.1) is 11.3 Å². The van der Waals surface area contributed by atoms with Gasteiger partial charge >= 0.3 is 6.61 Å². The van der Waals surface area contributed by atoms with E-state index < -0.39 is 18.4 Å². The number of aldehydes is 1. The highest BCUT2D eigenvalue weighted by Crippen LogP contribution is 2.40. The lowest BCUT2D eigenvalue weighted by atomic mass is 9.90. The molecule has 0 saturated heterocycles. The zero-order valence-electron chi connectivity index (χ0n) is 26.1. The molecule has 7 rings (SSSR count). The number of amides is 1. The fourth-order valence-corrected chi connectivity index (χ4v) is 7.80. The lowest BCUT2D eigenvalue weighted by molar-refractivity contribution is -0.0553. The van der Waals surface area contributed by atoms with E-state index in [9.17, 15) is 27.2 Å². The molecule has 2 aliphatic rings. The molecule has 8 nitrogen and oxygen atoms in total. The summed E-state index contributed by atoms with van der Waals surface area (Å²) in [7, 11) is 0. The third-order valence-electron chi connectivity index (χ3n) is 9.12. The Morgan fingerprint density at radius 3 is 2.61 bits per heavy atom. The molecule has 1 fully saturated rings. The van der Waals surface area contributed by atoms with Crippen LogP contribution >= 0.6 is 22.9 Å². The summed E-state index contributed by atoms with van der Waals surface area (Å²) in [6, 6.07) is 13.3. The minimum absolute atomic E-state index is 0.0854. The highest BCUT2D eigenvalue weighted by molar-refractivity contribution is 7.13. The Labute approximate surface area is 287 Å². The second-order valence-electron chi connectivity index (χ2n) is 12.2. The molecule has 1 amide bonds. The summed E-state index contributed by atoms with van der Waals surface area (Å²) in [5, 5.41) is 3.51. The molecule has 1 saturated carbocycles. The molecule has 1 N–H and O–H groups in total. The van der Waals surface area contributed by atoms with Gasteiger partial charge < -0.3 is 14.5 Å². The number of nitrogens with one attached hydrogen (secondary N) is 1. The number of rotatable bonds is 8. The minimum atomic E-state index is -3.12. The van der Waals surface area contributed by atoms with Gasteiger partial charge in [0.25, 0.3) is 5.91 Å². The van der Waals surface area contributed by atoms with Crippen molar-refractivity contribution < 1.29 is 36.3 Å². The second kappa shape index (κ2) is 13.2. The SMILES string of the molecule is Cc1c(-c2nc3cc(C=O)c(OC(F)F)cc3o2)cccc1-c1cccc(NC(=O)c2nc3c(s2)CCN(C2CCC(F)(F)CC2)C3)c1Cl. The van der Waals surface area contributed by atoms with Crippen LogP contribution in [0.3, 0.4) is 0 Å². The molecule has 254 valence electrons. The third kappa shape index (κ3) is 6.66. The van der Waals surface area contributed by atoms with Crippen molar-refractivity contribution in [3.63, 3.8) is 0 Å². The molecule has 0 radical (unpaired) electrons. The summed E-state index contributed by atoms with van der Waals surface area (Å²) in [4.78, 5) is 37.2. The van der Waals surface area contributed by atoms with Gasteiger partial charge in [0.1, 0.15) is 11.3 Å². The van der Waals surface area contributed by atoms with E-state index in [1.807, 2.05) is 19.1 Å². The molecular weight excluding hydrogens is 684 g/mol. The largest absolute Gasteiger partial charge is 0.436 e. The highest BCUT2D eigenvalue weighted by Gasteiger charge is 2.38. The van der Waals surface area contributed by atoms with Crippen LogP contribution in [-0.4, -0.2) is 52.2 Å². The maximum atomic E-state index is 13.7. The molecule has 0 spiro atoms. The molecule has 14 heteroatoms. The number of carbonyl (C=O) groups excluding carboxylic acids is 2. The van der Waals surface area contributed by atoms with Gasteiger partial charge in [-0.3, -0.25) is 14.5 Å². The Hall–Kier alpha value is -4.33. The molecular formula is C35H29ClF4N4O4S. The maximum Gasteiger partial charge on any atom is 0.387 e. The number of carbonyl (C=O) groups is 2. The zero-order chi connectivity index (χ0) is 34.4. The average Bonchev–Trinajstić information content (AvgIpc) is 3.69. The maximum absolute atomic E-state index is 13.7. The summed E-state index contributed by atoms with van der Waals surface area (Å²) in [5.74, 6) is -3.09. The van der Waals surface area contributed by atoms with Crippen LogP contribution in [0.2, 0.25) is 5.02 Å². The normalized spacial score (nSPS) is 16.6. The van der Waals surface area contributed by atoms with Crippen molar-refractivity contribution in [3.8, 4) is 28.3 Å². The van der Waals surface area contributed by atoms with Crippen LogP contribution in [0.25, 0.3) is 33.7 Å². The van der Waals surface area contributed by atoms with E-state index in [4.69, 9.17) is 16.0 Å². The Kier molecular flexibility index (Phi) is 8.92. The Balaban J connectivity index is 1.11. The topological polar surface area (TPSA) is 97.6 Å². The highest BCUT2D eigenvalue weighted by atomic mass is 35.5. The molecule has 1 aliphatic carbocycles. The number of oxazole rings is 1. The number of hydrogen-bond donors (Lipinski definition) is 1. The van der Waals surface area contributed by atoms with E-state index in [2.05, 4.69) is 24.9 Å². The standard InChI is InChI=1S/C35H29ClF4N4O4S/c1-18-21(4-2-5-22(18)32-42-25-14-19(17-45)27(48-34(37)38)15-28(25)47-32)23-6-3-7-24(30(23)36)41-31(46)33-43-26-16-44(13-10-29(26)49-33)20-8-11-35(39,40)12-9-20/h2-7,14-15,17,20,34H,8-13,16H2,1H3,(H,41,46). The molecule has 1 aliphatic heterocycles. The smallest absolute Gasteiger partial charge is 0.387 e. The lowest BCUT2D eigenvalue weighted by Crippen LogP contribution is -2.43. The number of anilines is 1. The van der Waals surface area contributed by atoms with Gasteiger partial charge in [0.05, 0.1) is 22.0 Å². The molecule has 3 aromatic carbocycles. The summed E-state index contributed by atoms with van der Waals surface area (Å²) >= 11 is 8.22. The van der Waals surface area contributed by atoms with Crippen LogP contribution in [-0.2, 0) is 13.0 Å². The van der Waals surface area contributed by atoms with E-state index in [1.165, 1.54) is 23.5 Å². The number of halogens is 5. The average molecular weight is 713 g/mol. The third-order valence-corrected chi connectivity index (χ3v) is 10.7. The first-order chi connectivity index (χ1) is 23.5. The van der Waals surface area contributed by atoms with Gasteiger partial charge in [-0.1, -0.05) is 35.9 Å². The second-order valence-corrected chi connectivity index (χ2v) is 13.6. The number of nitrogens with zero attached hydrogens (tertiary/aromatic N) is 3. The van der Waals surface area contributed by atoms with E-state index in [-0.39, 0.29) is 41.7 Å². The van der Waals surface area contributed by atoms with Crippen molar-refractivity contribution >= 4 is 51.9 Å². The molecule has 0 atom stereocenters. The Bertz CT molecular complexity index is 2070. The molecule has 0 unspecified atom stereocenters. The van der Waals surface area contributed by atoms with Gasteiger partial charge in [-0.2, -0.15) is 8.78 Å². The van der Waals surface area contributed by atoms with Crippen molar-refractivity contribution in [1.29, 1.82) is 0 Å². The van der Waals surface area contributed by atoms with Crippen LogP contribution in [0.5, 0.6) is 5.75 Å². The number of alkyl halides is 4. The molecule has 3 heterocycles. The van der Waals surface area contributed by atoms with Crippen LogP contribution in [0.15, 0.2) is 52.9 Å². The van der Waals surface area contributed by atoms with Crippen LogP contribution in [0.4, 0.5) is 23.2 Å². The summed E-state index contributed by atoms with van der Waals surface area (Å²) in [6.45, 7) is 0.0143. The zero-order valence-corrected chi connectivity index (χ0v) is 27.6. The van der Waals surface area contributed by atoms with E-state index in [1.54, 1.807) is 24.3 Å². The molecule has 0 bridgehead atoms. The number of ether oxygens (including phenoxy) is 1. The van der Waals surface area contributed by atoms with Crippen LogP contribution in [0.1, 0.15) is 62.0 Å². The summed E-state index contributed by atoms with van der Waals surface area (Å²) in [5.41, 5.74) is 4.30. The number of thiazole rings is 1. The fraction of sp³-hybridized carbons (Fsp3) is 0.314. The summed E-state index contributed by atoms with van der Waals surface area (Å²) < 4.78 is 63.5. The number of benzene rings is 3. The minimum Gasteiger partial charge on any atom is -0.436 e. The first-order valence-corrected chi connectivity index (χ1v) is 16.8. The first kappa shape index (κ1) is 33.2. The first-order valence-electron chi connectivity index (χ1n) is 15.6. The predicted molar refractivity (Wildman–Crippen MR) is 178 cm³/mol. The van der Waals surface area contributed by atoms with Crippen molar-refractivity contribution in [2.45, 2.75) is 64.1 Å². The van der Waals surface area contributed by atoms with Gasteiger partial charge in [-0.25, -0.2) is 18.7 Å². The molecule has 5 aromatic rings. The van der Waals surface area contributed by atoms with Crippen molar-refractivity contribution in [2.75, 3.05) is 11.9 Å². The quantitative estimate of drug-likeness (QED) is 0.127. The number of aromatic nitrogens is 2. The van der Waals surface area contributed by atoms with E-state index in [0.29, 0.717) is 64.5 Å². The van der Waals surface area contributed by atoms with Crippen LogP contribution in [0, 0.1) is 6.92 Å². The molecule has 2 aromatic heterocycles. The Morgan fingerprint density at radius 2 is 1.86 bits per heavy atom. The van der Waals surface area contributed by atoms with E-state index in [0.717, 1.165) is 28.2 Å². The number of fused-ring (bicyclic) bond motifs is 2. The van der Waals surface area contributed by atoms with Crippen molar-refractivity contribution in [1.82, 2.24) is 14.9 Å². The number of hydrogen-bond acceptors (Lipinski definition) is 8. The predicted octanol–water partition coefficient (Wildman–Crippen LogP) is 9.18. The molecule has 49 heavy (non-hydrogen) atoms. The van der Waals surface area contributed by atoms with Gasteiger partial charge in [0.15, 0.2) is 16.9 Å². The van der Waals surface area contributed by atoms with Gasteiger partial charge in [-0.05, 0) is 55.5 Å². The van der Waals surface area contributed by atoms with Gasteiger partial charge in [0.2, 0.25) is 11.8 Å². The lowest BCUT2D eigenvalue weighted by Gasteiger charge is -2.38. The summed E-state index contributed by atoms with van der Waals surface area (Å²) in [6.07, 6.45) is 1.83. The fourth-order valence-electron chi connectivity index (χ4n) is 6.57. The monoisotopic (exact) mass is 712 g/mol. The Morgan fingerprint density at radius 1 is 1.12 bits per heavy atom. The van der Waals surface area contributed by atoms with Crippen molar-refractivity contribution in [2.24, 2.45) is 0 Å².